The van der Waals surface area contributed by atoms with Crippen molar-refractivity contribution in [1.82, 2.24) is 0 Å². The van der Waals surface area contributed by atoms with Crippen LogP contribution in [0.1, 0.15) is 37.0 Å². The molecule has 2 aromatic rings. The zero-order chi connectivity index (χ0) is 20.0. The smallest absolute Gasteiger partial charge is 0.266 e. The first-order valence-electron chi connectivity index (χ1n) is 8.81. The second-order valence-corrected chi connectivity index (χ2v) is 6.81. The number of ether oxygens (including phenoxy) is 1. The van der Waals surface area contributed by atoms with Gasteiger partial charge in [0.25, 0.3) is 5.91 Å². The molecule has 0 aliphatic heterocycles. The molecule has 0 aliphatic rings. The van der Waals surface area contributed by atoms with Crippen LogP contribution in [0.2, 0.25) is 5.02 Å². The molecule has 0 saturated heterocycles. The molecule has 0 radical (unpaired) electrons. The van der Waals surface area contributed by atoms with E-state index in [-0.39, 0.29) is 11.7 Å². The van der Waals surface area contributed by atoms with Gasteiger partial charge in [0.2, 0.25) is 0 Å². The normalized spacial score (nSPS) is 12.2. The van der Waals surface area contributed by atoms with Gasteiger partial charge in [-0.3, -0.25) is 4.79 Å². The maximum Gasteiger partial charge on any atom is 0.266 e. The van der Waals surface area contributed by atoms with Gasteiger partial charge in [-0.25, -0.2) is 0 Å². The maximum atomic E-state index is 12.5. The van der Waals surface area contributed by atoms with Crippen molar-refractivity contribution in [1.29, 1.82) is 5.26 Å². The lowest BCUT2D eigenvalue weighted by atomic mass is 10.1. The van der Waals surface area contributed by atoms with Gasteiger partial charge in [0.15, 0.2) is 0 Å². The lowest BCUT2D eigenvalue weighted by Crippen LogP contribution is -2.14. The number of benzene rings is 2. The number of hydrogen-bond donors (Lipinski definition) is 1. The van der Waals surface area contributed by atoms with Gasteiger partial charge in [0.1, 0.15) is 17.4 Å². The van der Waals surface area contributed by atoms with Gasteiger partial charge in [-0.1, -0.05) is 36.7 Å². The molecule has 0 fully saturated rings. The molecule has 140 valence electrons. The van der Waals surface area contributed by atoms with Crippen molar-refractivity contribution in [2.24, 2.45) is 0 Å². The molecular formula is C22H23ClN2O2. The quantitative estimate of drug-likeness (QED) is 0.516. The standard InChI is InChI=1S/C22H23ClN2O2/c1-5-15(3)27-21-10-9-17(12-19(21)23)11-18(13-24)22(26)25-20-8-6-7-14(2)16(20)4/h6-12,15H,5H2,1-4H3,(H,25,26)/b18-11-/t15-/m0/s1. The summed E-state index contributed by atoms with van der Waals surface area (Å²) in [5, 5.41) is 12.6. The molecule has 1 amide bonds. The summed E-state index contributed by atoms with van der Waals surface area (Å²) in [5.41, 5.74) is 3.39. The number of carbonyl (C=O) groups excluding carboxylic acids is 1. The lowest BCUT2D eigenvalue weighted by molar-refractivity contribution is -0.112. The van der Waals surface area contributed by atoms with Crippen LogP contribution in [0, 0.1) is 25.2 Å². The number of anilines is 1. The van der Waals surface area contributed by atoms with E-state index in [0.717, 1.165) is 17.5 Å². The Morgan fingerprint density at radius 1 is 1.33 bits per heavy atom. The van der Waals surface area contributed by atoms with Crippen LogP contribution < -0.4 is 10.1 Å². The summed E-state index contributed by atoms with van der Waals surface area (Å²) < 4.78 is 5.73. The molecule has 0 aromatic heterocycles. The number of amides is 1. The lowest BCUT2D eigenvalue weighted by Gasteiger charge is -2.14. The second-order valence-electron chi connectivity index (χ2n) is 6.40. The fourth-order valence-electron chi connectivity index (χ4n) is 2.39. The molecule has 2 rings (SSSR count). The third kappa shape index (κ3) is 5.35. The van der Waals surface area contributed by atoms with Gasteiger partial charge >= 0.3 is 0 Å². The molecule has 0 saturated carbocycles. The number of carbonyl (C=O) groups is 1. The maximum absolute atomic E-state index is 12.5. The van der Waals surface area contributed by atoms with Crippen molar-refractivity contribution in [2.45, 2.75) is 40.2 Å². The summed E-state index contributed by atoms with van der Waals surface area (Å²) in [6, 6.07) is 12.8. The largest absolute Gasteiger partial charge is 0.489 e. The topological polar surface area (TPSA) is 62.1 Å². The van der Waals surface area contributed by atoms with E-state index in [1.807, 2.05) is 52.0 Å². The molecule has 1 atom stereocenters. The number of rotatable bonds is 6. The van der Waals surface area contributed by atoms with Gasteiger partial charge in [-0.15, -0.1) is 0 Å². The first-order valence-corrected chi connectivity index (χ1v) is 9.19. The summed E-state index contributed by atoms with van der Waals surface area (Å²) >= 11 is 6.27. The first kappa shape index (κ1) is 20.5. The van der Waals surface area contributed by atoms with E-state index in [2.05, 4.69) is 5.32 Å². The van der Waals surface area contributed by atoms with Gasteiger partial charge in [0, 0.05) is 5.69 Å². The number of aryl methyl sites for hydroxylation is 1. The Morgan fingerprint density at radius 2 is 2.07 bits per heavy atom. The summed E-state index contributed by atoms with van der Waals surface area (Å²) in [6.45, 7) is 7.90. The number of nitrogens with zero attached hydrogens (tertiary/aromatic N) is 1. The van der Waals surface area contributed by atoms with E-state index in [1.54, 1.807) is 18.2 Å². The predicted octanol–water partition coefficient (Wildman–Crippen LogP) is 5.68. The summed E-state index contributed by atoms with van der Waals surface area (Å²) in [6.07, 6.45) is 2.44. The fourth-order valence-corrected chi connectivity index (χ4v) is 2.63. The van der Waals surface area contributed by atoms with Crippen molar-refractivity contribution in [3.8, 4) is 11.8 Å². The van der Waals surface area contributed by atoms with Gasteiger partial charge < -0.3 is 10.1 Å². The number of halogens is 1. The summed E-state index contributed by atoms with van der Waals surface area (Å²) in [7, 11) is 0. The highest BCUT2D eigenvalue weighted by molar-refractivity contribution is 6.32. The third-order valence-electron chi connectivity index (χ3n) is 4.39. The fraction of sp³-hybridized carbons (Fsp3) is 0.273. The number of nitriles is 1. The first-order chi connectivity index (χ1) is 12.8. The molecule has 1 N–H and O–H groups in total. The van der Waals surface area contributed by atoms with Crippen LogP contribution in [0.25, 0.3) is 6.08 Å². The highest BCUT2D eigenvalue weighted by atomic mass is 35.5. The van der Waals surface area contributed by atoms with Crippen LogP contribution in [-0.4, -0.2) is 12.0 Å². The van der Waals surface area contributed by atoms with E-state index in [1.165, 1.54) is 6.08 Å². The van der Waals surface area contributed by atoms with E-state index >= 15 is 0 Å². The molecule has 4 nitrogen and oxygen atoms in total. The Labute approximate surface area is 165 Å². The third-order valence-corrected chi connectivity index (χ3v) is 4.68. The average molecular weight is 383 g/mol. The Hall–Kier alpha value is -2.77. The van der Waals surface area contributed by atoms with Crippen LogP contribution in [0.5, 0.6) is 5.75 Å². The second kappa shape index (κ2) is 9.25. The molecule has 5 heteroatoms. The van der Waals surface area contributed by atoms with Crippen LogP contribution >= 0.6 is 11.6 Å². The Morgan fingerprint density at radius 3 is 2.70 bits per heavy atom. The predicted molar refractivity (Wildman–Crippen MR) is 110 cm³/mol. The van der Waals surface area contributed by atoms with Crippen LogP contribution in [-0.2, 0) is 4.79 Å². The highest BCUT2D eigenvalue weighted by Gasteiger charge is 2.12. The zero-order valence-corrected chi connectivity index (χ0v) is 16.7. The minimum Gasteiger partial charge on any atom is -0.489 e. The van der Waals surface area contributed by atoms with Gasteiger partial charge in [-0.05, 0) is 68.2 Å². The zero-order valence-electron chi connectivity index (χ0n) is 16.0. The molecule has 0 spiro atoms. The van der Waals surface area contributed by atoms with Crippen molar-refractivity contribution >= 4 is 29.3 Å². The molecule has 0 aliphatic carbocycles. The van der Waals surface area contributed by atoms with Gasteiger partial charge in [-0.2, -0.15) is 5.26 Å². The summed E-state index contributed by atoms with van der Waals surface area (Å²) in [4.78, 5) is 12.5. The monoisotopic (exact) mass is 382 g/mol. The van der Waals surface area contributed by atoms with Crippen molar-refractivity contribution in [3.05, 3.63) is 63.7 Å². The SMILES string of the molecule is CC[C@H](C)Oc1ccc(/C=C(/C#N)C(=O)Nc2cccc(C)c2C)cc1Cl. The van der Waals surface area contributed by atoms with E-state index in [9.17, 15) is 10.1 Å². The van der Waals surface area contributed by atoms with E-state index in [0.29, 0.717) is 22.0 Å². The Kier molecular flexibility index (Phi) is 7.04. The minimum absolute atomic E-state index is 0.00238. The number of nitrogens with one attached hydrogen (secondary N) is 1. The summed E-state index contributed by atoms with van der Waals surface area (Å²) in [5.74, 6) is 0.128. The number of hydrogen-bond acceptors (Lipinski definition) is 3. The van der Waals surface area contributed by atoms with Crippen molar-refractivity contribution < 1.29 is 9.53 Å². The average Bonchev–Trinajstić information content (AvgIpc) is 2.65. The molecule has 2 aromatic carbocycles. The molecule has 0 bridgehead atoms. The van der Waals surface area contributed by atoms with E-state index in [4.69, 9.17) is 16.3 Å². The molecular weight excluding hydrogens is 360 g/mol. The molecule has 0 unspecified atom stereocenters. The van der Waals surface area contributed by atoms with Crippen LogP contribution in [0.4, 0.5) is 5.69 Å². The highest BCUT2D eigenvalue weighted by Crippen LogP contribution is 2.28. The van der Waals surface area contributed by atoms with Crippen LogP contribution in [0.3, 0.4) is 0 Å². The Bertz CT molecular complexity index is 913. The minimum atomic E-state index is -0.456. The van der Waals surface area contributed by atoms with Crippen molar-refractivity contribution in [2.75, 3.05) is 5.32 Å². The van der Waals surface area contributed by atoms with Crippen LogP contribution in [0.15, 0.2) is 42.0 Å². The molecule has 0 heterocycles. The van der Waals surface area contributed by atoms with E-state index < -0.39 is 5.91 Å². The van der Waals surface area contributed by atoms with Gasteiger partial charge in [0.05, 0.1) is 11.1 Å². The Balaban J connectivity index is 2.22. The van der Waals surface area contributed by atoms with Crippen molar-refractivity contribution in [3.63, 3.8) is 0 Å². The molecule has 27 heavy (non-hydrogen) atoms.